The summed E-state index contributed by atoms with van der Waals surface area (Å²) >= 11 is 1.52. The van der Waals surface area contributed by atoms with E-state index in [2.05, 4.69) is 13.8 Å². The Hall–Kier alpha value is -0.435. The van der Waals surface area contributed by atoms with Gasteiger partial charge >= 0.3 is 0 Å². The predicted molar refractivity (Wildman–Crippen MR) is 54.7 cm³/mol. The molecule has 0 fully saturated rings. The maximum absolute atomic E-state index is 5.66. The monoisotopic (exact) mass is 180 g/mol. The molecule has 0 amide bonds. The Morgan fingerprint density at radius 2 is 2.42 bits per heavy atom. The van der Waals surface area contributed by atoms with Gasteiger partial charge in [0.05, 0.1) is 6.61 Å². The molecule has 1 atom stereocenters. The number of hydrogen-bond acceptors (Lipinski definition) is 2. The summed E-state index contributed by atoms with van der Waals surface area (Å²) in [6, 6.07) is 1.92. The van der Waals surface area contributed by atoms with E-state index in [0.29, 0.717) is 5.92 Å². The van der Waals surface area contributed by atoms with Gasteiger partial charge in [0.25, 0.3) is 0 Å². The van der Waals surface area contributed by atoms with E-state index in [1.165, 1.54) is 11.3 Å². The fourth-order valence-electron chi connectivity index (χ4n) is 0.778. The van der Waals surface area contributed by atoms with Crippen LogP contribution in [0.15, 0.2) is 11.4 Å². The third-order valence-corrected chi connectivity index (χ3v) is 2.60. The molecular weight excluding hydrogens is 167 g/mol. The summed E-state index contributed by atoms with van der Waals surface area (Å²) in [4.78, 5) is 0. The van der Waals surface area contributed by atoms with Crippen LogP contribution in [0.25, 0.3) is 0 Å². The molecular formula is C9H13BOS. The average molecular weight is 180 g/mol. The van der Waals surface area contributed by atoms with E-state index in [1.807, 2.05) is 11.4 Å². The lowest BCUT2D eigenvalue weighted by atomic mass is 10.1. The summed E-state index contributed by atoms with van der Waals surface area (Å²) in [6.45, 7) is 5.09. The van der Waals surface area contributed by atoms with Gasteiger partial charge in [-0.2, -0.15) is 11.3 Å². The molecule has 0 aliphatic heterocycles. The topological polar surface area (TPSA) is 9.23 Å². The molecule has 2 radical (unpaired) electrons. The standard InChI is InChI=1S/C9H13BOS/c1-3-7(2)6-11-8-4-5-12-9(8)10/h4-5,7H,3,6H2,1-2H3. The first kappa shape index (κ1) is 9.65. The molecule has 0 aliphatic carbocycles. The van der Waals surface area contributed by atoms with E-state index in [-0.39, 0.29) is 0 Å². The van der Waals surface area contributed by atoms with Crippen molar-refractivity contribution in [2.75, 3.05) is 6.61 Å². The van der Waals surface area contributed by atoms with Gasteiger partial charge in [0.1, 0.15) is 13.6 Å². The van der Waals surface area contributed by atoms with E-state index in [0.717, 1.165) is 23.6 Å². The third kappa shape index (κ3) is 2.56. The Balaban J connectivity index is 2.38. The first-order valence-electron chi connectivity index (χ1n) is 4.19. The number of hydrogen-bond donors (Lipinski definition) is 0. The van der Waals surface area contributed by atoms with Gasteiger partial charge in [0.2, 0.25) is 0 Å². The molecule has 0 aromatic carbocycles. The van der Waals surface area contributed by atoms with Crippen molar-refractivity contribution in [3.05, 3.63) is 11.4 Å². The van der Waals surface area contributed by atoms with Crippen LogP contribution in [0.5, 0.6) is 5.75 Å². The Bertz CT molecular complexity index is 234. The molecule has 0 saturated heterocycles. The fraction of sp³-hybridized carbons (Fsp3) is 0.556. The van der Waals surface area contributed by atoms with Crippen LogP contribution in [0, 0.1) is 5.92 Å². The minimum atomic E-state index is 0.601. The van der Waals surface area contributed by atoms with E-state index in [9.17, 15) is 0 Å². The van der Waals surface area contributed by atoms with Crippen LogP contribution in [-0.2, 0) is 0 Å². The molecule has 1 heterocycles. The largest absolute Gasteiger partial charge is 0.493 e. The van der Waals surface area contributed by atoms with Gasteiger partial charge in [-0.3, -0.25) is 0 Å². The summed E-state index contributed by atoms with van der Waals surface area (Å²) in [5, 5.41) is 1.95. The number of rotatable bonds is 4. The summed E-state index contributed by atoms with van der Waals surface area (Å²) in [6.07, 6.45) is 1.14. The highest BCUT2D eigenvalue weighted by atomic mass is 32.1. The SMILES string of the molecule is [B]c1sccc1OCC(C)CC. The second-order valence-electron chi connectivity index (χ2n) is 2.97. The van der Waals surface area contributed by atoms with Crippen molar-refractivity contribution < 1.29 is 4.74 Å². The van der Waals surface area contributed by atoms with Gasteiger partial charge < -0.3 is 4.74 Å². The van der Waals surface area contributed by atoms with Crippen LogP contribution in [0.1, 0.15) is 20.3 Å². The average Bonchev–Trinajstić information content (AvgIpc) is 2.47. The molecule has 3 heteroatoms. The molecule has 0 bridgehead atoms. The van der Waals surface area contributed by atoms with Crippen molar-refractivity contribution in [2.24, 2.45) is 5.92 Å². The molecule has 1 aromatic rings. The summed E-state index contributed by atoms with van der Waals surface area (Å²) in [5.41, 5.74) is 0. The second kappa shape index (κ2) is 4.56. The summed E-state index contributed by atoms with van der Waals surface area (Å²) in [7, 11) is 5.66. The smallest absolute Gasteiger partial charge is 0.134 e. The lowest BCUT2D eigenvalue weighted by molar-refractivity contribution is 0.259. The molecule has 0 spiro atoms. The van der Waals surface area contributed by atoms with Crippen LogP contribution in [0.3, 0.4) is 0 Å². The molecule has 1 rings (SSSR count). The lowest BCUT2D eigenvalue weighted by Gasteiger charge is -2.10. The molecule has 1 aromatic heterocycles. The highest BCUT2D eigenvalue weighted by Crippen LogP contribution is 2.12. The molecule has 12 heavy (non-hydrogen) atoms. The number of thiophene rings is 1. The summed E-state index contributed by atoms with van der Waals surface area (Å²) in [5.74, 6) is 1.43. The zero-order valence-corrected chi connectivity index (χ0v) is 8.36. The first-order valence-corrected chi connectivity index (χ1v) is 5.07. The zero-order valence-electron chi connectivity index (χ0n) is 7.54. The van der Waals surface area contributed by atoms with Crippen LogP contribution < -0.4 is 9.51 Å². The third-order valence-electron chi connectivity index (χ3n) is 1.88. The minimum Gasteiger partial charge on any atom is -0.493 e. The first-order chi connectivity index (χ1) is 5.74. The molecule has 0 saturated carbocycles. The van der Waals surface area contributed by atoms with Crippen molar-refractivity contribution in [2.45, 2.75) is 20.3 Å². The number of ether oxygens (including phenoxy) is 1. The van der Waals surface area contributed by atoms with Crippen molar-refractivity contribution in [1.29, 1.82) is 0 Å². The Morgan fingerprint density at radius 1 is 1.67 bits per heavy atom. The Labute approximate surface area is 79.2 Å². The molecule has 0 aliphatic rings. The van der Waals surface area contributed by atoms with Gasteiger partial charge in [-0.1, -0.05) is 20.3 Å². The minimum absolute atomic E-state index is 0.601. The zero-order chi connectivity index (χ0) is 8.97. The molecule has 64 valence electrons. The molecule has 0 N–H and O–H groups in total. The Kier molecular flexibility index (Phi) is 3.66. The van der Waals surface area contributed by atoms with Crippen molar-refractivity contribution in [3.8, 4) is 5.75 Å². The van der Waals surface area contributed by atoms with Crippen LogP contribution in [0.4, 0.5) is 0 Å². The highest BCUT2D eigenvalue weighted by molar-refractivity contribution is 7.18. The molecule has 1 unspecified atom stereocenters. The van der Waals surface area contributed by atoms with Gasteiger partial charge in [0.15, 0.2) is 0 Å². The van der Waals surface area contributed by atoms with Gasteiger partial charge in [0, 0.05) is 0 Å². The van der Waals surface area contributed by atoms with Crippen molar-refractivity contribution >= 4 is 24.0 Å². The Morgan fingerprint density at radius 3 is 2.92 bits per heavy atom. The van der Waals surface area contributed by atoms with E-state index < -0.39 is 0 Å². The van der Waals surface area contributed by atoms with Crippen LogP contribution in [-0.4, -0.2) is 14.5 Å². The fourth-order valence-corrected chi connectivity index (χ4v) is 1.36. The normalized spacial score (nSPS) is 12.8. The van der Waals surface area contributed by atoms with Crippen molar-refractivity contribution in [1.82, 2.24) is 0 Å². The van der Waals surface area contributed by atoms with Gasteiger partial charge in [-0.05, 0) is 22.1 Å². The molecule has 1 nitrogen and oxygen atoms in total. The van der Waals surface area contributed by atoms with Crippen molar-refractivity contribution in [3.63, 3.8) is 0 Å². The lowest BCUT2D eigenvalue weighted by Crippen LogP contribution is -2.11. The van der Waals surface area contributed by atoms with E-state index in [1.54, 1.807) is 0 Å². The van der Waals surface area contributed by atoms with Crippen LogP contribution in [0.2, 0.25) is 0 Å². The van der Waals surface area contributed by atoms with E-state index >= 15 is 0 Å². The van der Waals surface area contributed by atoms with Crippen LogP contribution >= 0.6 is 11.3 Å². The summed E-state index contributed by atoms with van der Waals surface area (Å²) < 4.78 is 6.29. The maximum atomic E-state index is 5.66. The maximum Gasteiger partial charge on any atom is 0.134 e. The van der Waals surface area contributed by atoms with E-state index in [4.69, 9.17) is 12.6 Å². The highest BCUT2D eigenvalue weighted by Gasteiger charge is 2.02. The quantitative estimate of drug-likeness (QED) is 0.643. The second-order valence-corrected chi connectivity index (χ2v) is 3.92. The van der Waals surface area contributed by atoms with Gasteiger partial charge in [-0.15, -0.1) is 0 Å². The predicted octanol–water partition coefficient (Wildman–Crippen LogP) is 1.97. The van der Waals surface area contributed by atoms with Gasteiger partial charge in [-0.25, -0.2) is 0 Å².